The average molecular weight is 331 g/mol. The van der Waals surface area contributed by atoms with Crippen LogP contribution in [0.25, 0.3) is 0 Å². The second-order valence-corrected chi connectivity index (χ2v) is 6.36. The fraction of sp³-hybridized carbons (Fsp3) is 0.562. The van der Waals surface area contributed by atoms with Gasteiger partial charge in [0, 0.05) is 29.6 Å². The molecule has 3 nitrogen and oxygen atoms in total. The van der Waals surface area contributed by atoms with Crippen molar-refractivity contribution in [2.75, 3.05) is 19.6 Å². The fourth-order valence-corrected chi connectivity index (χ4v) is 2.37. The summed E-state index contributed by atoms with van der Waals surface area (Å²) in [6, 6.07) is 5.42. The standard InChI is InChI=1S/C16H24Cl2N2O/c1-12(2)5-8-19-9-7-16(21)20-10-6-13-3-4-14(17)11-15(13)18/h3-4,11-12,19H,5-10H2,1-2H3,(H,20,21). The Balaban J connectivity index is 2.13. The summed E-state index contributed by atoms with van der Waals surface area (Å²) in [7, 11) is 0. The van der Waals surface area contributed by atoms with E-state index in [1.54, 1.807) is 6.07 Å². The zero-order valence-electron chi connectivity index (χ0n) is 12.7. The molecule has 0 aliphatic carbocycles. The van der Waals surface area contributed by atoms with Crippen molar-refractivity contribution in [1.29, 1.82) is 0 Å². The molecule has 1 aromatic rings. The van der Waals surface area contributed by atoms with Gasteiger partial charge in [-0.05, 0) is 43.0 Å². The van der Waals surface area contributed by atoms with Gasteiger partial charge in [-0.25, -0.2) is 0 Å². The summed E-state index contributed by atoms with van der Waals surface area (Å²) in [5.74, 6) is 0.757. The van der Waals surface area contributed by atoms with E-state index in [9.17, 15) is 4.79 Å². The van der Waals surface area contributed by atoms with Crippen LogP contribution in [0.2, 0.25) is 10.0 Å². The minimum atomic E-state index is 0.0668. The van der Waals surface area contributed by atoms with E-state index in [-0.39, 0.29) is 5.91 Å². The monoisotopic (exact) mass is 330 g/mol. The third kappa shape index (κ3) is 8.30. The third-order valence-electron chi connectivity index (χ3n) is 3.16. The molecule has 0 aromatic heterocycles. The molecule has 0 fully saturated rings. The van der Waals surface area contributed by atoms with Crippen LogP contribution in [0, 0.1) is 5.92 Å². The Bertz CT molecular complexity index is 450. The van der Waals surface area contributed by atoms with Gasteiger partial charge in [0.1, 0.15) is 0 Å². The molecule has 1 rings (SSSR count). The molecule has 0 radical (unpaired) electrons. The summed E-state index contributed by atoms with van der Waals surface area (Å²) in [4.78, 5) is 11.7. The highest BCUT2D eigenvalue weighted by molar-refractivity contribution is 6.35. The quantitative estimate of drug-likeness (QED) is 0.678. The summed E-state index contributed by atoms with van der Waals surface area (Å²) < 4.78 is 0. The van der Waals surface area contributed by atoms with Crippen molar-refractivity contribution < 1.29 is 4.79 Å². The fourth-order valence-electron chi connectivity index (χ4n) is 1.87. The van der Waals surface area contributed by atoms with Crippen LogP contribution >= 0.6 is 23.2 Å². The van der Waals surface area contributed by atoms with Crippen molar-refractivity contribution in [2.45, 2.75) is 33.1 Å². The number of rotatable bonds is 9. The highest BCUT2D eigenvalue weighted by Gasteiger charge is 2.04. The highest BCUT2D eigenvalue weighted by Crippen LogP contribution is 2.20. The van der Waals surface area contributed by atoms with Gasteiger partial charge in [-0.3, -0.25) is 4.79 Å². The molecule has 0 atom stereocenters. The van der Waals surface area contributed by atoms with Crippen LogP contribution < -0.4 is 10.6 Å². The summed E-state index contributed by atoms with van der Waals surface area (Å²) in [6.45, 7) is 6.66. The normalized spacial score (nSPS) is 10.9. The van der Waals surface area contributed by atoms with Crippen molar-refractivity contribution >= 4 is 29.1 Å². The average Bonchev–Trinajstić information content (AvgIpc) is 2.40. The summed E-state index contributed by atoms with van der Waals surface area (Å²) in [5.41, 5.74) is 0.997. The summed E-state index contributed by atoms with van der Waals surface area (Å²) in [5, 5.41) is 7.45. The maximum Gasteiger partial charge on any atom is 0.221 e. The van der Waals surface area contributed by atoms with Gasteiger partial charge in [0.2, 0.25) is 5.91 Å². The number of hydrogen-bond acceptors (Lipinski definition) is 2. The number of halogens is 2. The van der Waals surface area contributed by atoms with Gasteiger partial charge in [-0.1, -0.05) is 43.1 Å². The molecule has 21 heavy (non-hydrogen) atoms. The van der Waals surface area contributed by atoms with E-state index in [0.717, 1.165) is 25.1 Å². The number of amides is 1. The first kappa shape index (κ1) is 18.3. The van der Waals surface area contributed by atoms with Crippen molar-refractivity contribution in [3.63, 3.8) is 0 Å². The minimum absolute atomic E-state index is 0.0668. The molecule has 0 aliphatic heterocycles. The van der Waals surface area contributed by atoms with Crippen LogP contribution in [0.1, 0.15) is 32.3 Å². The molecule has 0 bridgehead atoms. The van der Waals surface area contributed by atoms with Gasteiger partial charge in [0.05, 0.1) is 0 Å². The predicted octanol–water partition coefficient (Wildman–Crippen LogP) is 3.68. The number of carbonyl (C=O) groups excluding carboxylic acids is 1. The van der Waals surface area contributed by atoms with Gasteiger partial charge in [0.25, 0.3) is 0 Å². The zero-order valence-corrected chi connectivity index (χ0v) is 14.2. The first-order valence-corrected chi connectivity index (χ1v) is 8.16. The van der Waals surface area contributed by atoms with Crippen LogP contribution in [0.15, 0.2) is 18.2 Å². The Morgan fingerprint density at radius 3 is 2.62 bits per heavy atom. The van der Waals surface area contributed by atoms with Gasteiger partial charge < -0.3 is 10.6 Å². The van der Waals surface area contributed by atoms with E-state index in [1.165, 1.54) is 0 Å². The maximum atomic E-state index is 11.7. The number of nitrogens with one attached hydrogen (secondary N) is 2. The largest absolute Gasteiger partial charge is 0.356 e. The van der Waals surface area contributed by atoms with E-state index in [1.807, 2.05) is 12.1 Å². The van der Waals surface area contributed by atoms with E-state index in [4.69, 9.17) is 23.2 Å². The second-order valence-electron chi connectivity index (χ2n) is 5.52. The SMILES string of the molecule is CC(C)CCNCCC(=O)NCCc1ccc(Cl)cc1Cl. The van der Waals surface area contributed by atoms with Gasteiger partial charge in [0.15, 0.2) is 0 Å². The molecule has 0 saturated carbocycles. The van der Waals surface area contributed by atoms with Gasteiger partial charge >= 0.3 is 0 Å². The van der Waals surface area contributed by atoms with Crippen molar-refractivity contribution in [1.82, 2.24) is 10.6 Å². The Morgan fingerprint density at radius 1 is 1.19 bits per heavy atom. The van der Waals surface area contributed by atoms with Crippen LogP contribution in [0.4, 0.5) is 0 Å². The molecule has 0 unspecified atom stereocenters. The summed E-state index contributed by atoms with van der Waals surface area (Å²) in [6.07, 6.45) is 2.35. The van der Waals surface area contributed by atoms with Crippen LogP contribution in [0.3, 0.4) is 0 Å². The smallest absolute Gasteiger partial charge is 0.221 e. The molecular formula is C16H24Cl2N2O. The first-order valence-electron chi connectivity index (χ1n) is 7.40. The lowest BCUT2D eigenvalue weighted by Crippen LogP contribution is -2.29. The molecular weight excluding hydrogens is 307 g/mol. The Morgan fingerprint density at radius 2 is 1.95 bits per heavy atom. The Labute approximate surface area is 137 Å². The van der Waals surface area contributed by atoms with E-state index >= 15 is 0 Å². The van der Waals surface area contributed by atoms with Crippen LogP contribution in [-0.2, 0) is 11.2 Å². The molecule has 0 heterocycles. The Kier molecular flexibility index (Phi) is 8.74. The molecule has 0 saturated heterocycles. The molecule has 5 heteroatoms. The minimum Gasteiger partial charge on any atom is -0.356 e. The second kappa shape index (κ2) is 10.0. The molecule has 1 aromatic carbocycles. The topological polar surface area (TPSA) is 41.1 Å². The lowest BCUT2D eigenvalue weighted by atomic mass is 10.1. The first-order chi connectivity index (χ1) is 9.99. The van der Waals surface area contributed by atoms with Gasteiger partial charge in [-0.2, -0.15) is 0 Å². The molecule has 1 amide bonds. The number of carbonyl (C=O) groups is 1. The van der Waals surface area contributed by atoms with Crippen LogP contribution in [0.5, 0.6) is 0 Å². The van der Waals surface area contributed by atoms with E-state index in [0.29, 0.717) is 35.3 Å². The van der Waals surface area contributed by atoms with Crippen molar-refractivity contribution in [3.05, 3.63) is 33.8 Å². The lowest BCUT2D eigenvalue weighted by Gasteiger charge is -2.08. The van der Waals surface area contributed by atoms with Crippen molar-refractivity contribution in [2.24, 2.45) is 5.92 Å². The van der Waals surface area contributed by atoms with Crippen molar-refractivity contribution in [3.8, 4) is 0 Å². The molecule has 0 aliphatic rings. The molecule has 0 spiro atoms. The van der Waals surface area contributed by atoms with Gasteiger partial charge in [-0.15, -0.1) is 0 Å². The number of benzene rings is 1. The highest BCUT2D eigenvalue weighted by atomic mass is 35.5. The zero-order chi connectivity index (χ0) is 15.7. The number of hydrogen-bond donors (Lipinski definition) is 2. The summed E-state index contributed by atoms with van der Waals surface area (Å²) >= 11 is 11.9. The predicted molar refractivity (Wildman–Crippen MR) is 90.1 cm³/mol. The molecule has 2 N–H and O–H groups in total. The molecule has 118 valence electrons. The van der Waals surface area contributed by atoms with E-state index in [2.05, 4.69) is 24.5 Å². The Hall–Kier alpha value is -0.770. The van der Waals surface area contributed by atoms with E-state index < -0.39 is 0 Å². The lowest BCUT2D eigenvalue weighted by molar-refractivity contribution is -0.120. The van der Waals surface area contributed by atoms with Crippen LogP contribution in [-0.4, -0.2) is 25.5 Å². The maximum absolute atomic E-state index is 11.7. The third-order valence-corrected chi connectivity index (χ3v) is 3.75.